The molecule has 0 aliphatic rings. The maximum absolute atomic E-state index is 13.9. The maximum Gasteiger partial charge on any atom is 0.254 e. The van der Waals surface area contributed by atoms with E-state index in [9.17, 15) is 22.0 Å². The van der Waals surface area contributed by atoms with E-state index in [2.05, 4.69) is 5.32 Å². The van der Waals surface area contributed by atoms with Crippen LogP contribution in [0.3, 0.4) is 0 Å². The van der Waals surface area contributed by atoms with E-state index < -0.39 is 38.0 Å². The molecule has 0 fully saturated rings. The summed E-state index contributed by atoms with van der Waals surface area (Å²) < 4.78 is 49.5. The van der Waals surface area contributed by atoms with Crippen molar-refractivity contribution in [1.29, 1.82) is 0 Å². The van der Waals surface area contributed by atoms with Crippen molar-refractivity contribution in [3.8, 4) is 0 Å². The average Bonchev–Trinajstić information content (AvgIpc) is 2.36. The van der Waals surface area contributed by atoms with Crippen molar-refractivity contribution in [1.82, 2.24) is 5.32 Å². The molecule has 1 rings (SSSR count). The number of halogens is 2. The molecule has 20 heavy (non-hydrogen) atoms. The summed E-state index contributed by atoms with van der Waals surface area (Å²) in [5.41, 5.74) is -0.683. The van der Waals surface area contributed by atoms with E-state index in [-0.39, 0.29) is 12.5 Å². The highest BCUT2D eigenvalue weighted by atomic mass is 32.2. The Hall–Kier alpha value is -1.54. The van der Waals surface area contributed by atoms with Crippen molar-refractivity contribution in [2.45, 2.75) is 25.2 Å². The van der Waals surface area contributed by atoms with E-state index >= 15 is 0 Å². The highest BCUT2D eigenvalue weighted by Gasteiger charge is 2.23. The number of primary sulfonamides is 1. The summed E-state index contributed by atoms with van der Waals surface area (Å²) >= 11 is 0. The van der Waals surface area contributed by atoms with Crippen LogP contribution >= 0.6 is 0 Å². The van der Waals surface area contributed by atoms with Gasteiger partial charge < -0.3 is 5.32 Å². The maximum atomic E-state index is 13.9. The summed E-state index contributed by atoms with van der Waals surface area (Å²) in [6, 6.07) is 1.08. The summed E-state index contributed by atoms with van der Waals surface area (Å²) in [7, 11) is -4.44. The lowest BCUT2D eigenvalue weighted by atomic mass is 10.1. The first-order valence-corrected chi connectivity index (χ1v) is 7.51. The molecule has 0 spiro atoms. The fourth-order valence-electron chi connectivity index (χ4n) is 1.44. The van der Waals surface area contributed by atoms with Crippen LogP contribution in [-0.2, 0) is 10.0 Å². The zero-order valence-corrected chi connectivity index (χ0v) is 11.9. The Kier molecular flexibility index (Phi) is 5.18. The minimum Gasteiger partial charge on any atom is -0.352 e. The zero-order valence-electron chi connectivity index (χ0n) is 11.1. The minimum absolute atomic E-state index is 0.160. The standard InChI is InChI=1S/C12H16F2N2O3S/c1-3-7(2)6-16-12(17)9-4-8(13)5-10(11(9)14)20(15,18)19/h4-5,7H,3,6H2,1-2H3,(H,16,17)(H2,15,18,19). The molecule has 0 aromatic heterocycles. The Morgan fingerprint density at radius 3 is 2.50 bits per heavy atom. The Morgan fingerprint density at radius 2 is 2.00 bits per heavy atom. The lowest BCUT2D eigenvalue weighted by Crippen LogP contribution is -2.29. The second kappa shape index (κ2) is 6.27. The smallest absolute Gasteiger partial charge is 0.254 e. The van der Waals surface area contributed by atoms with Crippen LogP contribution in [0, 0.1) is 17.6 Å². The third-order valence-corrected chi connectivity index (χ3v) is 3.77. The van der Waals surface area contributed by atoms with Gasteiger partial charge >= 0.3 is 0 Å². The number of nitrogens with two attached hydrogens (primary N) is 1. The van der Waals surface area contributed by atoms with E-state index in [1.165, 1.54) is 0 Å². The van der Waals surface area contributed by atoms with Gasteiger partial charge in [-0.2, -0.15) is 0 Å². The predicted molar refractivity (Wildman–Crippen MR) is 69.5 cm³/mol. The summed E-state index contributed by atoms with van der Waals surface area (Å²) in [6.07, 6.45) is 0.800. The average molecular weight is 306 g/mol. The van der Waals surface area contributed by atoms with E-state index in [1.54, 1.807) is 0 Å². The van der Waals surface area contributed by atoms with Crippen LogP contribution in [0.15, 0.2) is 17.0 Å². The van der Waals surface area contributed by atoms with Crippen molar-refractivity contribution >= 4 is 15.9 Å². The quantitative estimate of drug-likeness (QED) is 0.861. The molecule has 0 radical (unpaired) electrons. The molecule has 3 N–H and O–H groups in total. The highest BCUT2D eigenvalue weighted by Crippen LogP contribution is 2.19. The first kappa shape index (κ1) is 16.5. The van der Waals surface area contributed by atoms with Gasteiger partial charge in [-0.1, -0.05) is 20.3 Å². The number of nitrogens with one attached hydrogen (secondary N) is 1. The second-order valence-electron chi connectivity index (χ2n) is 4.53. The summed E-state index contributed by atoms with van der Waals surface area (Å²) in [6.45, 7) is 4.06. The van der Waals surface area contributed by atoms with Crippen molar-refractivity contribution in [3.63, 3.8) is 0 Å². The van der Waals surface area contributed by atoms with Crippen LogP contribution in [0.4, 0.5) is 8.78 Å². The molecule has 1 aromatic rings. The predicted octanol–water partition coefficient (Wildman–Crippen LogP) is 1.39. The molecule has 8 heteroatoms. The molecule has 0 saturated carbocycles. The third-order valence-electron chi connectivity index (χ3n) is 2.86. The Bertz CT molecular complexity index is 617. The molecular weight excluding hydrogens is 290 g/mol. The molecule has 0 bridgehead atoms. The fourth-order valence-corrected chi connectivity index (χ4v) is 2.08. The largest absolute Gasteiger partial charge is 0.352 e. The molecule has 1 unspecified atom stereocenters. The van der Waals surface area contributed by atoms with Gasteiger partial charge in [0.05, 0.1) is 5.56 Å². The molecule has 5 nitrogen and oxygen atoms in total. The van der Waals surface area contributed by atoms with Gasteiger partial charge in [0.15, 0.2) is 5.82 Å². The normalized spacial score (nSPS) is 13.1. The minimum atomic E-state index is -4.44. The van der Waals surface area contributed by atoms with Crippen LogP contribution in [0.1, 0.15) is 30.6 Å². The Balaban J connectivity index is 3.13. The van der Waals surface area contributed by atoms with Crippen molar-refractivity contribution in [3.05, 3.63) is 29.3 Å². The van der Waals surface area contributed by atoms with Crippen LogP contribution in [0.5, 0.6) is 0 Å². The zero-order chi connectivity index (χ0) is 15.5. The van der Waals surface area contributed by atoms with Crippen LogP contribution in [0.25, 0.3) is 0 Å². The van der Waals surface area contributed by atoms with Gasteiger partial charge in [-0.05, 0) is 18.1 Å². The van der Waals surface area contributed by atoms with Gasteiger partial charge in [-0.25, -0.2) is 22.3 Å². The number of carbonyl (C=O) groups excluding carboxylic acids is 1. The molecule has 1 atom stereocenters. The van der Waals surface area contributed by atoms with E-state index in [4.69, 9.17) is 5.14 Å². The van der Waals surface area contributed by atoms with Gasteiger partial charge in [0.2, 0.25) is 10.0 Å². The number of hydrogen-bond donors (Lipinski definition) is 2. The Labute approximate surface area is 116 Å². The number of benzene rings is 1. The highest BCUT2D eigenvalue weighted by molar-refractivity contribution is 7.89. The lowest BCUT2D eigenvalue weighted by molar-refractivity contribution is 0.0942. The van der Waals surface area contributed by atoms with E-state index in [0.29, 0.717) is 12.1 Å². The fraction of sp³-hybridized carbons (Fsp3) is 0.417. The van der Waals surface area contributed by atoms with Crippen molar-refractivity contribution in [2.75, 3.05) is 6.54 Å². The first-order valence-electron chi connectivity index (χ1n) is 5.96. The SMILES string of the molecule is CCC(C)CNC(=O)c1cc(F)cc(S(N)(=O)=O)c1F. The van der Waals surface area contributed by atoms with Crippen LogP contribution in [0.2, 0.25) is 0 Å². The summed E-state index contributed by atoms with van der Waals surface area (Å²) in [5.74, 6) is -3.12. The van der Waals surface area contributed by atoms with Crippen LogP contribution < -0.4 is 10.5 Å². The lowest BCUT2D eigenvalue weighted by Gasteiger charge is -2.11. The number of hydrogen-bond acceptors (Lipinski definition) is 3. The van der Waals surface area contributed by atoms with Crippen LogP contribution in [-0.4, -0.2) is 20.9 Å². The first-order chi connectivity index (χ1) is 9.16. The van der Waals surface area contributed by atoms with Gasteiger partial charge in [-0.3, -0.25) is 4.79 Å². The molecule has 1 aromatic carbocycles. The second-order valence-corrected chi connectivity index (χ2v) is 6.06. The van der Waals surface area contributed by atoms with Gasteiger partial charge in [0.25, 0.3) is 5.91 Å². The van der Waals surface area contributed by atoms with E-state index in [1.807, 2.05) is 13.8 Å². The van der Waals surface area contributed by atoms with E-state index in [0.717, 1.165) is 6.42 Å². The third kappa shape index (κ3) is 3.97. The summed E-state index contributed by atoms with van der Waals surface area (Å²) in [4.78, 5) is 10.7. The molecule has 0 heterocycles. The summed E-state index contributed by atoms with van der Waals surface area (Å²) in [5, 5.41) is 7.19. The molecular formula is C12H16F2N2O3S. The van der Waals surface area contributed by atoms with Gasteiger partial charge in [-0.15, -0.1) is 0 Å². The molecule has 0 aliphatic heterocycles. The number of rotatable bonds is 5. The number of sulfonamides is 1. The molecule has 112 valence electrons. The Morgan fingerprint density at radius 1 is 1.40 bits per heavy atom. The molecule has 0 aliphatic carbocycles. The van der Waals surface area contributed by atoms with Gasteiger partial charge in [0, 0.05) is 6.54 Å². The molecule has 0 saturated heterocycles. The van der Waals surface area contributed by atoms with Gasteiger partial charge in [0.1, 0.15) is 10.7 Å². The van der Waals surface area contributed by atoms with Crippen molar-refractivity contribution < 1.29 is 22.0 Å². The van der Waals surface area contributed by atoms with Crippen molar-refractivity contribution in [2.24, 2.45) is 11.1 Å². The monoisotopic (exact) mass is 306 g/mol. The molecule has 1 amide bonds. The number of amides is 1. The topological polar surface area (TPSA) is 89.3 Å². The number of carbonyl (C=O) groups is 1.